The van der Waals surface area contributed by atoms with Crippen molar-refractivity contribution < 1.29 is 18.7 Å². The van der Waals surface area contributed by atoms with Crippen LogP contribution < -0.4 is 0 Å². The smallest absolute Gasteiger partial charge is 0.337 e. The molecule has 3 aromatic rings. The molecule has 0 unspecified atom stereocenters. The van der Waals surface area contributed by atoms with Crippen molar-refractivity contribution in [3.05, 3.63) is 64.7 Å². The van der Waals surface area contributed by atoms with Crippen LogP contribution in [0.25, 0.3) is 11.0 Å². The fraction of sp³-hybridized carbons (Fsp3) is 0.333. The average molecular weight is 370 g/mol. The lowest BCUT2D eigenvalue weighted by atomic mass is 10.1. The van der Waals surface area contributed by atoms with E-state index in [0.29, 0.717) is 30.7 Å². The fourth-order valence-corrected chi connectivity index (χ4v) is 3.11. The number of methoxy groups -OCH3 is 2. The van der Waals surface area contributed by atoms with Gasteiger partial charge in [-0.3, -0.25) is 0 Å². The SMILES string of the molecule is CCc1ccc(Cc2nc3ccc(C(=O)OC)cc3n2CCOC)c(F)c1. The summed E-state index contributed by atoms with van der Waals surface area (Å²) in [5.74, 6) is 0.0984. The third kappa shape index (κ3) is 4.01. The van der Waals surface area contributed by atoms with Crippen LogP contribution in [0.5, 0.6) is 0 Å². The number of halogens is 1. The van der Waals surface area contributed by atoms with E-state index in [-0.39, 0.29) is 5.82 Å². The van der Waals surface area contributed by atoms with Gasteiger partial charge in [0.2, 0.25) is 0 Å². The summed E-state index contributed by atoms with van der Waals surface area (Å²) in [7, 11) is 2.98. The van der Waals surface area contributed by atoms with E-state index in [1.807, 2.05) is 23.6 Å². The second kappa shape index (κ2) is 8.31. The van der Waals surface area contributed by atoms with Crippen molar-refractivity contribution in [1.29, 1.82) is 0 Å². The molecule has 0 aliphatic carbocycles. The minimum Gasteiger partial charge on any atom is -0.465 e. The monoisotopic (exact) mass is 370 g/mol. The summed E-state index contributed by atoms with van der Waals surface area (Å²) < 4.78 is 26.4. The van der Waals surface area contributed by atoms with Crippen molar-refractivity contribution in [1.82, 2.24) is 9.55 Å². The standard InChI is InChI=1S/C21H23FN2O3/c1-4-14-5-6-15(17(22)11-14)13-20-23-18-8-7-16(21(25)27-3)12-19(18)24(20)9-10-26-2/h5-8,11-12H,4,9-10,13H2,1-3H3. The molecule has 1 heterocycles. The normalized spacial score (nSPS) is 11.1. The van der Waals surface area contributed by atoms with Crippen LogP contribution in [0.2, 0.25) is 0 Å². The molecule has 2 aromatic carbocycles. The zero-order valence-electron chi connectivity index (χ0n) is 15.8. The number of rotatable bonds is 7. The number of imidazole rings is 1. The number of aromatic nitrogens is 2. The second-order valence-corrected chi connectivity index (χ2v) is 6.32. The molecule has 0 saturated heterocycles. The van der Waals surface area contributed by atoms with Crippen molar-refractivity contribution in [3.63, 3.8) is 0 Å². The topological polar surface area (TPSA) is 53.3 Å². The Balaban J connectivity index is 2.04. The van der Waals surface area contributed by atoms with Crippen LogP contribution in [0.4, 0.5) is 4.39 Å². The van der Waals surface area contributed by atoms with E-state index in [0.717, 1.165) is 28.8 Å². The molecule has 27 heavy (non-hydrogen) atoms. The van der Waals surface area contributed by atoms with Crippen LogP contribution in [0.3, 0.4) is 0 Å². The highest BCUT2D eigenvalue weighted by atomic mass is 19.1. The molecule has 0 bridgehead atoms. The van der Waals surface area contributed by atoms with Gasteiger partial charge in [0.05, 0.1) is 30.3 Å². The van der Waals surface area contributed by atoms with Gasteiger partial charge in [-0.15, -0.1) is 0 Å². The Morgan fingerprint density at radius 1 is 1.19 bits per heavy atom. The van der Waals surface area contributed by atoms with Crippen LogP contribution in [-0.4, -0.2) is 36.3 Å². The maximum atomic E-state index is 14.5. The molecule has 0 spiro atoms. The molecule has 5 nitrogen and oxygen atoms in total. The molecule has 0 fully saturated rings. The Labute approximate surface area is 157 Å². The van der Waals surface area contributed by atoms with E-state index in [1.165, 1.54) is 7.11 Å². The first-order valence-corrected chi connectivity index (χ1v) is 8.91. The molecule has 0 saturated carbocycles. The van der Waals surface area contributed by atoms with Gasteiger partial charge in [-0.1, -0.05) is 19.1 Å². The number of aryl methyl sites for hydroxylation is 1. The number of nitrogens with zero attached hydrogens (tertiary/aromatic N) is 2. The van der Waals surface area contributed by atoms with Gasteiger partial charge in [-0.25, -0.2) is 14.2 Å². The predicted octanol–water partition coefficient (Wildman–Crippen LogP) is 3.76. The molecule has 0 aliphatic rings. The van der Waals surface area contributed by atoms with Crippen molar-refractivity contribution in [3.8, 4) is 0 Å². The van der Waals surface area contributed by atoms with Gasteiger partial charge in [-0.05, 0) is 41.8 Å². The van der Waals surface area contributed by atoms with E-state index in [1.54, 1.807) is 31.4 Å². The highest BCUT2D eigenvalue weighted by Gasteiger charge is 2.16. The first kappa shape index (κ1) is 19.0. The van der Waals surface area contributed by atoms with E-state index in [2.05, 4.69) is 4.98 Å². The van der Waals surface area contributed by atoms with Crippen LogP contribution in [0, 0.1) is 5.82 Å². The molecule has 0 amide bonds. The van der Waals surface area contributed by atoms with Crippen molar-refractivity contribution >= 4 is 17.0 Å². The summed E-state index contributed by atoms with van der Waals surface area (Å²) in [5, 5.41) is 0. The van der Waals surface area contributed by atoms with Crippen LogP contribution in [-0.2, 0) is 28.9 Å². The summed E-state index contributed by atoms with van der Waals surface area (Å²) in [6.07, 6.45) is 1.15. The Kier molecular flexibility index (Phi) is 5.86. The first-order chi connectivity index (χ1) is 13.1. The summed E-state index contributed by atoms with van der Waals surface area (Å²) in [6.45, 7) is 3.04. The molecule has 0 aliphatic heterocycles. The second-order valence-electron chi connectivity index (χ2n) is 6.32. The quantitative estimate of drug-likeness (QED) is 0.594. The maximum absolute atomic E-state index is 14.5. The minimum absolute atomic E-state index is 0.227. The molecule has 6 heteroatoms. The Bertz CT molecular complexity index is 965. The van der Waals surface area contributed by atoms with Crippen molar-refractivity contribution in [2.45, 2.75) is 26.3 Å². The van der Waals surface area contributed by atoms with Crippen LogP contribution in [0.1, 0.15) is 34.2 Å². The molecule has 0 N–H and O–H groups in total. The van der Waals surface area contributed by atoms with E-state index in [9.17, 15) is 9.18 Å². The number of hydrogen-bond acceptors (Lipinski definition) is 4. The zero-order chi connectivity index (χ0) is 19.4. The minimum atomic E-state index is -0.404. The third-order valence-electron chi connectivity index (χ3n) is 4.64. The number of carbonyl (C=O) groups excluding carboxylic acids is 1. The molecule has 1 aromatic heterocycles. The van der Waals surface area contributed by atoms with E-state index < -0.39 is 5.97 Å². The van der Waals surface area contributed by atoms with E-state index in [4.69, 9.17) is 9.47 Å². The number of carbonyl (C=O) groups is 1. The summed E-state index contributed by atoms with van der Waals surface area (Å²) in [4.78, 5) is 16.5. The highest BCUT2D eigenvalue weighted by molar-refractivity contribution is 5.93. The van der Waals surface area contributed by atoms with Crippen LogP contribution in [0.15, 0.2) is 36.4 Å². The van der Waals surface area contributed by atoms with Gasteiger partial charge in [0.15, 0.2) is 0 Å². The highest BCUT2D eigenvalue weighted by Crippen LogP contribution is 2.22. The predicted molar refractivity (Wildman–Crippen MR) is 102 cm³/mol. The number of benzene rings is 2. The van der Waals surface area contributed by atoms with Gasteiger partial charge >= 0.3 is 5.97 Å². The Morgan fingerprint density at radius 3 is 2.67 bits per heavy atom. The summed E-state index contributed by atoms with van der Waals surface area (Å²) in [6, 6.07) is 10.5. The molecular formula is C21H23FN2O3. The number of hydrogen-bond donors (Lipinski definition) is 0. The number of esters is 1. The van der Waals surface area contributed by atoms with Gasteiger partial charge in [0, 0.05) is 20.1 Å². The molecule has 142 valence electrons. The van der Waals surface area contributed by atoms with E-state index >= 15 is 0 Å². The van der Waals surface area contributed by atoms with Crippen LogP contribution >= 0.6 is 0 Å². The molecule has 0 atom stereocenters. The Hall–Kier alpha value is -2.73. The number of ether oxygens (including phenoxy) is 2. The summed E-state index contributed by atoms with van der Waals surface area (Å²) >= 11 is 0. The largest absolute Gasteiger partial charge is 0.465 e. The third-order valence-corrected chi connectivity index (χ3v) is 4.64. The molecule has 0 radical (unpaired) electrons. The van der Waals surface area contributed by atoms with Crippen molar-refractivity contribution in [2.75, 3.05) is 20.8 Å². The molecular weight excluding hydrogens is 347 g/mol. The molecule has 3 rings (SSSR count). The lowest BCUT2D eigenvalue weighted by molar-refractivity contribution is 0.0601. The van der Waals surface area contributed by atoms with Crippen molar-refractivity contribution in [2.24, 2.45) is 0 Å². The summed E-state index contributed by atoms with van der Waals surface area (Å²) in [5.41, 5.74) is 3.56. The number of fused-ring (bicyclic) bond motifs is 1. The van der Waals surface area contributed by atoms with Gasteiger partial charge < -0.3 is 14.0 Å². The Morgan fingerprint density at radius 2 is 2.00 bits per heavy atom. The first-order valence-electron chi connectivity index (χ1n) is 8.91. The van der Waals surface area contributed by atoms with Gasteiger partial charge in [0.1, 0.15) is 11.6 Å². The maximum Gasteiger partial charge on any atom is 0.337 e. The zero-order valence-corrected chi connectivity index (χ0v) is 15.8. The van der Waals surface area contributed by atoms with Gasteiger partial charge in [-0.2, -0.15) is 0 Å². The van der Waals surface area contributed by atoms with Gasteiger partial charge in [0.25, 0.3) is 0 Å². The average Bonchev–Trinajstić information content (AvgIpc) is 3.03. The lowest BCUT2D eigenvalue weighted by Gasteiger charge is -2.10. The lowest BCUT2D eigenvalue weighted by Crippen LogP contribution is -2.10. The fourth-order valence-electron chi connectivity index (χ4n) is 3.11.